The summed E-state index contributed by atoms with van der Waals surface area (Å²) in [5, 5.41) is 22.3. The summed E-state index contributed by atoms with van der Waals surface area (Å²) in [4.78, 5) is 0. The molecule has 2 N–H and O–H groups in total. The molecule has 5 heteroatoms. The zero-order valence-corrected chi connectivity index (χ0v) is 18.1. The van der Waals surface area contributed by atoms with E-state index < -0.39 is 16.4 Å². The second kappa shape index (κ2) is 6.98. The summed E-state index contributed by atoms with van der Waals surface area (Å²) in [6.45, 7) is 13.1. The highest BCUT2D eigenvalue weighted by atomic mass is 28.4. The fraction of sp³-hybridized carbons (Fsp3) is 0.400. The first-order chi connectivity index (χ1) is 11.5. The highest BCUT2D eigenvalue weighted by molar-refractivity contribution is 6.94. The highest BCUT2D eigenvalue weighted by Gasteiger charge is 2.49. The molecule has 0 saturated carbocycles. The molecule has 0 aliphatic carbocycles. The lowest BCUT2D eigenvalue weighted by atomic mass is 10.3. The Labute approximate surface area is 153 Å². The molecule has 0 radical (unpaired) electrons. The smallest absolute Gasteiger partial charge is 0.222 e. The predicted molar refractivity (Wildman–Crippen MR) is 110 cm³/mol. The van der Waals surface area contributed by atoms with E-state index in [-0.39, 0.29) is 5.22 Å². The van der Waals surface area contributed by atoms with Crippen molar-refractivity contribution in [1.82, 2.24) is 0 Å². The van der Waals surface area contributed by atoms with Gasteiger partial charge >= 0.3 is 0 Å². The van der Waals surface area contributed by atoms with E-state index in [1.54, 1.807) is 12.1 Å². The lowest BCUT2D eigenvalue weighted by Crippen LogP contribution is -2.66. The molecule has 25 heavy (non-hydrogen) atoms. The Balaban J connectivity index is 2.46. The maximum Gasteiger partial charge on any atom is 0.222 e. The molecule has 0 amide bonds. The first-order valence-corrected chi connectivity index (χ1v) is 14.7. The summed E-state index contributed by atoms with van der Waals surface area (Å²) in [6, 6.07) is 15.1. The second-order valence-corrected chi connectivity index (χ2v) is 16.5. The molecule has 0 heterocycles. The Kier molecular flexibility index (Phi) is 5.51. The van der Waals surface area contributed by atoms with E-state index in [9.17, 15) is 10.2 Å². The third kappa shape index (κ3) is 3.68. The van der Waals surface area contributed by atoms with Crippen LogP contribution in [0.15, 0.2) is 48.5 Å². The van der Waals surface area contributed by atoms with Gasteiger partial charge in [-0.2, -0.15) is 0 Å². The maximum absolute atomic E-state index is 10.4. The van der Waals surface area contributed by atoms with Gasteiger partial charge in [-0.3, -0.25) is 0 Å². The summed E-state index contributed by atoms with van der Waals surface area (Å²) < 4.78 is 6.85. The number of phenolic OH excluding ortho intramolecular Hbond substituents is 2. The minimum atomic E-state index is -2.34. The van der Waals surface area contributed by atoms with Crippen molar-refractivity contribution >= 4 is 26.8 Å². The van der Waals surface area contributed by atoms with Crippen molar-refractivity contribution < 1.29 is 14.6 Å². The molecule has 0 unspecified atom stereocenters. The van der Waals surface area contributed by atoms with E-state index in [1.807, 2.05) is 36.4 Å². The summed E-state index contributed by atoms with van der Waals surface area (Å²) in [6.07, 6.45) is 0.852. The Morgan fingerprint density at radius 2 is 1.28 bits per heavy atom. The van der Waals surface area contributed by atoms with Crippen molar-refractivity contribution in [3.63, 3.8) is 0 Å². The van der Waals surface area contributed by atoms with Crippen LogP contribution in [-0.2, 0) is 4.43 Å². The van der Waals surface area contributed by atoms with E-state index in [0.717, 1.165) is 16.8 Å². The van der Waals surface area contributed by atoms with Gasteiger partial charge in [0.15, 0.2) is 0 Å². The first kappa shape index (κ1) is 19.8. The van der Waals surface area contributed by atoms with Crippen LogP contribution in [0.1, 0.15) is 20.3 Å². The fourth-order valence-corrected chi connectivity index (χ4v) is 10.6. The quantitative estimate of drug-likeness (QED) is 0.755. The Hall–Kier alpha value is -1.57. The van der Waals surface area contributed by atoms with E-state index >= 15 is 0 Å². The summed E-state index contributed by atoms with van der Waals surface area (Å²) in [5.41, 5.74) is 0. The van der Waals surface area contributed by atoms with Crippen LogP contribution >= 0.6 is 0 Å². The van der Waals surface area contributed by atoms with Crippen LogP contribution < -0.4 is 10.4 Å². The molecule has 0 saturated heterocycles. The van der Waals surface area contributed by atoms with Gasteiger partial charge < -0.3 is 14.6 Å². The highest BCUT2D eigenvalue weighted by Crippen LogP contribution is 2.33. The third-order valence-electron chi connectivity index (χ3n) is 5.61. The van der Waals surface area contributed by atoms with Crippen LogP contribution in [-0.4, -0.2) is 31.8 Å². The molecule has 0 aliphatic rings. The number of rotatable bonds is 6. The van der Waals surface area contributed by atoms with Crippen LogP contribution in [0.25, 0.3) is 0 Å². The number of aromatic hydroxyl groups is 2. The lowest BCUT2D eigenvalue weighted by molar-refractivity contribution is 0.155. The summed E-state index contributed by atoms with van der Waals surface area (Å²) in [7, 11) is -4.49. The Bertz CT molecular complexity index is 743. The van der Waals surface area contributed by atoms with Gasteiger partial charge in [0.05, 0.1) is 0 Å². The molecule has 2 aromatic rings. The molecule has 3 nitrogen and oxygen atoms in total. The molecule has 0 fully saturated rings. The molecule has 0 aliphatic heterocycles. The Morgan fingerprint density at radius 1 is 0.840 bits per heavy atom. The number of hydrogen-bond acceptors (Lipinski definition) is 3. The van der Waals surface area contributed by atoms with Crippen molar-refractivity contribution in [3.8, 4) is 11.5 Å². The van der Waals surface area contributed by atoms with Crippen LogP contribution in [0.4, 0.5) is 0 Å². The van der Waals surface area contributed by atoms with E-state index in [4.69, 9.17) is 4.43 Å². The summed E-state index contributed by atoms with van der Waals surface area (Å²) in [5.74, 6) is 0.657. The third-order valence-corrected chi connectivity index (χ3v) is 13.4. The first-order valence-electron chi connectivity index (χ1n) is 8.82. The molecule has 2 aromatic carbocycles. The van der Waals surface area contributed by atoms with Crippen LogP contribution in [0.2, 0.25) is 26.2 Å². The number of phenols is 2. The fourth-order valence-electron chi connectivity index (χ4n) is 3.53. The number of benzene rings is 2. The van der Waals surface area contributed by atoms with Crippen molar-refractivity contribution in [2.75, 3.05) is 0 Å². The molecule has 2 rings (SSSR count). The van der Waals surface area contributed by atoms with Crippen molar-refractivity contribution in [2.24, 2.45) is 0 Å². The minimum absolute atomic E-state index is 0.305. The SMILES string of the molecule is CC[C@](C)(O[Si](C)(C)c1ccccc1O)[Si](C)(C)c1ccccc1O. The number of hydrogen-bond donors (Lipinski definition) is 2. The average Bonchev–Trinajstić information content (AvgIpc) is 2.54. The van der Waals surface area contributed by atoms with Crippen LogP contribution in [0, 0.1) is 0 Å². The van der Waals surface area contributed by atoms with Gasteiger partial charge in [0, 0.05) is 10.4 Å². The normalized spacial score (nSPS) is 15.0. The Morgan fingerprint density at radius 3 is 1.72 bits per heavy atom. The topological polar surface area (TPSA) is 49.7 Å². The average molecular weight is 375 g/mol. The van der Waals surface area contributed by atoms with Crippen molar-refractivity contribution in [1.29, 1.82) is 0 Å². The van der Waals surface area contributed by atoms with E-state index in [0.29, 0.717) is 11.5 Å². The monoisotopic (exact) mass is 374 g/mol. The van der Waals surface area contributed by atoms with E-state index in [2.05, 4.69) is 40.0 Å². The van der Waals surface area contributed by atoms with Crippen LogP contribution in [0.5, 0.6) is 11.5 Å². The van der Waals surface area contributed by atoms with Gasteiger partial charge in [-0.05, 0) is 43.8 Å². The molecular weight excluding hydrogens is 344 g/mol. The maximum atomic E-state index is 10.4. The second-order valence-electron chi connectivity index (χ2n) is 7.86. The van der Waals surface area contributed by atoms with E-state index in [1.165, 1.54) is 0 Å². The standard InChI is InChI=1S/C20H30O3Si2/c1-7-20(2,24(3,4)18-14-10-8-12-16(18)21)23-25(5,6)19-15-11-9-13-17(19)22/h8-15,21-22H,7H2,1-6H3/t20-/m1/s1. The van der Waals surface area contributed by atoms with Gasteiger partial charge in [-0.25, -0.2) is 0 Å². The van der Waals surface area contributed by atoms with Crippen molar-refractivity contribution in [2.45, 2.75) is 51.7 Å². The molecule has 136 valence electrons. The predicted octanol–water partition coefficient (Wildman–Crippen LogP) is 3.85. The molecule has 0 bridgehead atoms. The molecule has 0 aromatic heterocycles. The van der Waals surface area contributed by atoms with Gasteiger partial charge in [0.1, 0.15) is 19.6 Å². The van der Waals surface area contributed by atoms with Crippen molar-refractivity contribution in [3.05, 3.63) is 48.5 Å². The largest absolute Gasteiger partial charge is 0.508 e. The summed E-state index contributed by atoms with van der Waals surface area (Å²) >= 11 is 0. The zero-order chi connectivity index (χ0) is 18.9. The van der Waals surface area contributed by atoms with Gasteiger partial charge in [-0.1, -0.05) is 56.4 Å². The molecule has 0 spiro atoms. The van der Waals surface area contributed by atoms with Gasteiger partial charge in [-0.15, -0.1) is 0 Å². The molecular formula is C20H30O3Si2. The molecule has 1 atom stereocenters. The van der Waals surface area contributed by atoms with Crippen LogP contribution in [0.3, 0.4) is 0 Å². The lowest BCUT2D eigenvalue weighted by Gasteiger charge is -2.47. The van der Waals surface area contributed by atoms with Gasteiger partial charge in [0.25, 0.3) is 0 Å². The number of para-hydroxylation sites is 2. The van der Waals surface area contributed by atoms with Gasteiger partial charge in [0.2, 0.25) is 8.32 Å². The zero-order valence-electron chi connectivity index (χ0n) is 16.1. The minimum Gasteiger partial charge on any atom is -0.508 e.